The SMILES string of the molecule is CNCCCC(=O)N(Cc1ccccc1)CC1CCC1. The molecule has 20 heavy (non-hydrogen) atoms. The van der Waals surface area contributed by atoms with Crippen LogP contribution in [0.25, 0.3) is 0 Å². The van der Waals surface area contributed by atoms with Gasteiger partial charge in [0.15, 0.2) is 0 Å². The van der Waals surface area contributed by atoms with Gasteiger partial charge in [-0.25, -0.2) is 0 Å². The average molecular weight is 274 g/mol. The highest BCUT2D eigenvalue weighted by atomic mass is 16.2. The predicted octanol–water partition coefficient (Wildman–Crippen LogP) is 2.81. The third-order valence-electron chi connectivity index (χ3n) is 4.09. The summed E-state index contributed by atoms with van der Waals surface area (Å²) in [6, 6.07) is 10.3. The lowest BCUT2D eigenvalue weighted by atomic mass is 9.85. The van der Waals surface area contributed by atoms with Gasteiger partial charge in [0, 0.05) is 19.5 Å². The van der Waals surface area contributed by atoms with Crippen LogP contribution < -0.4 is 5.32 Å². The first-order valence-corrected chi connectivity index (χ1v) is 7.76. The van der Waals surface area contributed by atoms with Gasteiger partial charge in [-0.05, 0) is 44.3 Å². The Bertz CT molecular complexity index is 401. The van der Waals surface area contributed by atoms with E-state index in [1.165, 1.54) is 24.8 Å². The molecule has 110 valence electrons. The minimum absolute atomic E-state index is 0.302. The molecule has 1 aliphatic carbocycles. The molecule has 0 atom stereocenters. The number of carbonyl (C=O) groups is 1. The van der Waals surface area contributed by atoms with E-state index >= 15 is 0 Å². The predicted molar refractivity (Wildman–Crippen MR) is 82.4 cm³/mol. The molecule has 3 heteroatoms. The van der Waals surface area contributed by atoms with Crippen molar-refractivity contribution in [3.05, 3.63) is 35.9 Å². The third kappa shape index (κ3) is 4.64. The van der Waals surface area contributed by atoms with Crippen molar-refractivity contribution in [3.63, 3.8) is 0 Å². The van der Waals surface area contributed by atoms with Crippen molar-refractivity contribution >= 4 is 5.91 Å². The van der Waals surface area contributed by atoms with Crippen LogP contribution in [-0.4, -0.2) is 30.9 Å². The van der Waals surface area contributed by atoms with Gasteiger partial charge in [0.2, 0.25) is 5.91 Å². The quantitative estimate of drug-likeness (QED) is 0.739. The Labute approximate surface area is 122 Å². The maximum Gasteiger partial charge on any atom is 0.222 e. The number of rotatable bonds is 8. The first-order valence-electron chi connectivity index (χ1n) is 7.76. The van der Waals surface area contributed by atoms with Crippen molar-refractivity contribution in [2.24, 2.45) is 5.92 Å². The molecule has 0 aromatic heterocycles. The lowest BCUT2D eigenvalue weighted by Crippen LogP contribution is -2.37. The maximum atomic E-state index is 12.4. The summed E-state index contributed by atoms with van der Waals surface area (Å²) >= 11 is 0. The Hall–Kier alpha value is -1.35. The van der Waals surface area contributed by atoms with Gasteiger partial charge in [-0.1, -0.05) is 36.8 Å². The van der Waals surface area contributed by atoms with Crippen molar-refractivity contribution < 1.29 is 4.79 Å². The summed E-state index contributed by atoms with van der Waals surface area (Å²) in [5.74, 6) is 1.03. The van der Waals surface area contributed by atoms with E-state index in [0.29, 0.717) is 12.3 Å². The molecule has 1 N–H and O–H groups in total. The molecule has 0 radical (unpaired) electrons. The van der Waals surface area contributed by atoms with Crippen LogP contribution in [-0.2, 0) is 11.3 Å². The Morgan fingerprint density at radius 3 is 2.65 bits per heavy atom. The van der Waals surface area contributed by atoms with Crippen molar-refractivity contribution in [1.82, 2.24) is 10.2 Å². The topological polar surface area (TPSA) is 32.3 Å². The van der Waals surface area contributed by atoms with Gasteiger partial charge in [0.05, 0.1) is 0 Å². The fraction of sp³-hybridized carbons (Fsp3) is 0.588. The molecule has 3 nitrogen and oxygen atoms in total. The maximum absolute atomic E-state index is 12.4. The van der Waals surface area contributed by atoms with Crippen LogP contribution in [0.2, 0.25) is 0 Å². The summed E-state index contributed by atoms with van der Waals surface area (Å²) in [7, 11) is 1.93. The minimum Gasteiger partial charge on any atom is -0.338 e. The number of benzene rings is 1. The van der Waals surface area contributed by atoms with E-state index in [1.54, 1.807) is 0 Å². The second kappa shape index (κ2) is 8.05. The molecule has 0 saturated heterocycles. The smallest absolute Gasteiger partial charge is 0.222 e. The number of hydrogen-bond acceptors (Lipinski definition) is 2. The zero-order valence-corrected chi connectivity index (χ0v) is 12.5. The average Bonchev–Trinajstić information content (AvgIpc) is 2.42. The molecule has 0 unspecified atom stereocenters. The van der Waals surface area contributed by atoms with E-state index < -0.39 is 0 Å². The Morgan fingerprint density at radius 1 is 1.30 bits per heavy atom. The molecule has 1 amide bonds. The molecule has 1 aromatic carbocycles. The second-order valence-electron chi connectivity index (χ2n) is 5.76. The van der Waals surface area contributed by atoms with E-state index in [9.17, 15) is 4.79 Å². The lowest BCUT2D eigenvalue weighted by Gasteiger charge is -2.32. The molecule has 0 bridgehead atoms. The number of hydrogen-bond donors (Lipinski definition) is 1. The monoisotopic (exact) mass is 274 g/mol. The normalized spacial score (nSPS) is 14.8. The molecular weight excluding hydrogens is 248 g/mol. The van der Waals surface area contributed by atoms with Crippen LogP contribution in [0, 0.1) is 5.92 Å². The lowest BCUT2D eigenvalue weighted by molar-refractivity contribution is -0.133. The summed E-state index contributed by atoms with van der Waals surface area (Å²) in [6.45, 7) is 2.61. The number of carbonyl (C=O) groups excluding carboxylic acids is 1. The van der Waals surface area contributed by atoms with Crippen LogP contribution in [0.4, 0.5) is 0 Å². The number of nitrogens with one attached hydrogen (secondary N) is 1. The molecule has 1 fully saturated rings. The van der Waals surface area contributed by atoms with Crippen LogP contribution >= 0.6 is 0 Å². The first kappa shape index (κ1) is 15.0. The van der Waals surface area contributed by atoms with E-state index in [4.69, 9.17) is 0 Å². The summed E-state index contributed by atoms with van der Waals surface area (Å²) in [4.78, 5) is 14.5. The van der Waals surface area contributed by atoms with Gasteiger partial charge in [0.25, 0.3) is 0 Å². The van der Waals surface area contributed by atoms with Gasteiger partial charge < -0.3 is 10.2 Å². The van der Waals surface area contributed by atoms with Gasteiger partial charge in [-0.3, -0.25) is 4.79 Å². The summed E-state index contributed by atoms with van der Waals surface area (Å²) in [5.41, 5.74) is 1.23. The Morgan fingerprint density at radius 2 is 2.05 bits per heavy atom. The molecule has 1 aliphatic rings. The summed E-state index contributed by atoms with van der Waals surface area (Å²) < 4.78 is 0. The Kier molecular flexibility index (Phi) is 6.06. The molecule has 1 aromatic rings. The van der Waals surface area contributed by atoms with Crippen LogP contribution in [0.1, 0.15) is 37.7 Å². The molecule has 0 heterocycles. The van der Waals surface area contributed by atoms with Crippen molar-refractivity contribution in [2.45, 2.75) is 38.6 Å². The van der Waals surface area contributed by atoms with Gasteiger partial charge >= 0.3 is 0 Å². The van der Waals surface area contributed by atoms with Crippen LogP contribution in [0.5, 0.6) is 0 Å². The van der Waals surface area contributed by atoms with Gasteiger partial charge in [-0.2, -0.15) is 0 Å². The zero-order chi connectivity index (χ0) is 14.2. The largest absolute Gasteiger partial charge is 0.338 e. The summed E-state index contributed by atoms with van der Waals surface area (Å²) in [6.07, 6.45) is 5.48. The molecule has 1 saturated carbocycles. The molecular formula is C17H26N2O. The van der Waals surface area contributed by atoms with Gasteiger partial charge in [-0.15, -0.1) is 0 Å². The van der Waals surface area contributed by atoms with E-state index in [0.717, 1.165) is 32.0 Å². The van der Waals surface area contributed by atoms with Crippen molar-refractivity contribution in [2.75, 3.05) is 20.1 Å². The van der Waals surface area contributed by atoms with Crippen LogP contribution in [0.3, 0.4) is 0 Å². The van der Waals surface area contributed by atoms with Crippen molar-refractivity contribution in [1.29, 1.82) is 0 Å². The standard InChI is InChI=1S/C17H26N2O/c1-18-12-6-11-17(20)19(14-16-9-5-10-16)13-15-7-3-2-4-8-15/h2-4,7-8,16,18H,5-6,9-14H2,1H3. The number of amides is 1. The third-order valence-corrected chi connectivity index (χ3v) is 4.09. The second-order valence-corrected chi connectivity index (χ2v) is 5.76. The minimum atomic E-state index is 0.302. The fourth-order valence-electron chi connectivity index (χ4n) is 2.62. The zero-order valence-electron chi connectivity index (χ0n) is 12.5. The molecule has 0 aliphatic heterocycles. The van der Waals surface area contributed by atoms with E-state index in [2.05, 4.69) is 22.3 Å². The van der Waals surface area contributed by atoms with Gasteiger partial charge in [0.1, 0.15) is 0 Å². The van der Waals surface area contributed by atoms with Crippen LogP contribution in [0.15, 0.2) is 30.3 Å². The highest BCUT2D eigenvalue weighted by molar-refractivity contribution is 5.76. The van der Waals surface area contributed by atoms with Crippen molar-refractivity contribution in [3.8, 4) is 0 Å². The fourth-order valence-corrected chi connectivity index (χ4v) is 2.62. The van der Waals surface area contributed by atoms with E-state index in [-0.39, 0.29) is 0 Å². The number of nitrogens with zero attached hydrogens (tertiary/aromatic N) is 1. The first-order chi connectivity index (χ1) is 9.79. The highest BCUT2D eigenvalue weighted by Gasteiger charge is 2.23. The molecule has 0 spiro atoms. The summed E-state index contributed by atoms with van der Waals surface area (Å²) in [5, 5.41) is 3.10. The molecule has 2 rings (SSSR count). The van der Waals surface area contributed by atoms with E-state index in [1.807, 2.05) is 25.2 Å². The Balaban J connectivity index is 1.90. The highest BCUT2D eigenvalue weighted by Crippen LogP contribution is 2.27.